The largest absolute Gasteiger partial charge is 0.484 e. The predicted octanol–water partition coefficient (Wildman–Crippen LogP) is 2.99. The summed E-state index contributed by atoms with van der Waals surface area (Å²) in [6.07, 6.45) is 0. The zero-order valence-electron chi connectivity index (χ0n) is 15.4. The summed E-state index contributed by atoms with van der Waals surface area (Å²) in [4.78, 5) is 23.7. The summed E-state index contributed by atoms with van der Waals surface area (Å²) in [5.41, 5.74) is 1.89. The molecule has 144 valence electrons. The van der Waals surface area contributed by atoms with E-state index in [1.165, 1.54) is 29.2 Å². The van der Waals surface area contributed by atoms with Gasteiger partial charge in [-0.1, -0.05) is 17.7 Å². The maximum absolute atomic E-state index is 12.2. The molecule has 0 saturated carbocycles. The van der Waals surface area contributed by atoms with E-state index in [0.29, 0.717) is 17.5 Å². The average Bonchev–Trinajstić information content (AvgIpc) is 3.15. The van der Waals surface area contributed by atoms with Gasteiger partial charge in [0, 0.05) is 24.7 Å². The molecule has 9 nitrogen and oxygen atoms in total. The zero-order chi connectivity index (χ0) is 20.1. The topological polar surface area (TPSA) is 112 Å². The average molecular weight is 382 g/mol. The highest BCUT2D eigenvalue weighted by atomic mass is 16.6. The van der Waals surface area contributed by atoms with Gasteiger partial charge in [0.25, 0.3) is 11.6 Å². The van der Waals surface area contributed by atoms with E-state index in [9.17, 15) is 14.9 Å². The van der Waals surface area contributed by atoms with E-state index in [1.807, 2.05) is 31.2 Å². The minimum Gasteiger partial charge on any atom is -0.484 e. The van der Waals surface area contributed by atoms with E-state index >= 15 is 0 Å². The van der Waals surface area contributed by atoms with Gasteiger partial charge in [-0.3, -0.25) is 14.9 Å². The highest BCUT2D eigenvalue weighted by Crippen LogP contribution is 2.19. The van der Waals surface area contributed by atoms with Gasteiger partial charge in [-0.15, -0.1) is 10.2 Å². The molecule has 9 heteroatoms. The standard InChI is InChI=1S/C19H18N4O5/c1-13-3-5-14(6-4-13)19-21-20-17(28-19)11-22(2)18(24)12-27-16-9-7-15(8-10-16)23(25)26/h3-10H,11-12H2,1-2H3. The first kappa shape index (κ1) is 19.0. The second-order valence-electron chi connectivity index (χ2n) is 6.16. The Bertz CT molecular complexity index is 967. The summed E-state index contributed by atoms with van der Waals surface area (Å²) in [5.74, 6) is 0.764. The molecule has 0 radical (unpaired) electrons. The summed E-state index contributed by atoms with van der Waals surface area (Å²) in [6, 6.07) is 13.2. The molecule has 28 heavy (non-hydrogen) atoms. The van der Waals surface area contributed by atoms with Crippen molar-refractivity contribution < 1.29 is 18.9 Å². The minimum atomic E-state index is -0.502. The summed E-state index contributed by atoms with van der Waals surface area (Å²) in [7, 11) is 1.59. The van der Waals surface area contributed by atoms with Crippen LogP contribution in [0.15, 0.2) is 52.9 Å². The highest BCUT2D eigenvalue weighted by Gasteiger charge is 2.15. The number of aromatic nitrogens is 2. The molecule has 2 aromatic carbocycles. The van der Waals surface area contributed by atoms with Crippen LogP contribution in [0.2, 0.25) is 0 Å². The molecule has 3 aromatic rings. The normalized spacial score (nSPS) is 10.5. The van der Waals surface area contributed by atoms with Gasteiger partial charge < -0.3 is 14.1 Å². The number of hydrogen-bond acceptors (Lipinski definition) is 7. The van der Waals surface area contributed by atoms with Crippen LogP contribution in [0.4, 0.5) is 5.69 Å². The molecular formula is C19H18N4O5. The van der Waals surface area contributed by atoms with Crippen LogP contribution in [0.5, 0.6) is 5.75 Å². The number of non-ortho nitro benzene ring substituents is 1. The van der Waals surface area contributed by atoms with Crippen LogP contribution in [0.25, 0.3) is 11.5 Å². The molecule has 0 bridgehead atoms. The number of carbonyl (C=O) groups excluding carboxylic acids is 1. The summed E-state index contributed by atoms with van der Waals surface area (Å²) in [6.45, 7) is 1.91. The molecule has 0 aliphatic heterocycles. The van der Waals surface area contributed by atoms with Crippen molar-refractivity contribution in [2.45, 2.75) is 13.5 Å². The molecule has 0 N–H and O–H groups in total. The Balaban J connectivity index is 1.54. The summed E-state index contributed by atoms with van der Waals surface area (Å²) in [5, 5.41) is 18.6. The monoisotopic (exact) mass is 382 g/mol. The van der Waals surface area contributed by atoms with Gasteiger partial charge in [-0.25, -0.2) is 0 Å². The van der Waals surface area contributed by atoms with Gasteiger partial charge >= 0.3 is 0 Å². The minimum absolute atomic E-state index is 0.0448. The van der Waals surface area contributed by atoms with Gasteiger partial charge in [0.05, 0.1) is 11.5 Å². The summed E-state index contributed by atoms with van der Waals surface area (Å²) >= 11 is 0. The van der Waals surface area contributed by atoms with Crippen molar-refractivity contribution in [2.75, 3.05) is 13.7 Å². The fourth-order valence-corrected chi connectivity index (χ4v) is 2.34. The van der Waals surface area contributed by atoms with Gasteiger partial charge in [0.2, 0.25) is 11.8 Å². The van der Waals surface area contributed by atoms with E-state index in [0.717, 1.165) is 11.1 Å². The highest BCUT2D eigenvalue weighted by molar-refractivity contribution is 5.77. The van der Waals surface area contributed by atoms with Crippen LogP contribution >= 0.6 is 0 Å². The number of likely N-dealkylation sites (N-methyl/N-ethyl adjacent to an activating group) is 1. The maximum atomic E-state index is 12.2. The SMILES string of the molecule is Cc1ccc(-c2nnc(CN(C)C(=O)COc3ccc([N+](=O)[O-])cc3)o2)cc1. The Morgan fingerprint density at radius 3 is 2.46 bits per heavy atom. The lowest BCUT2D eigenvalue weighted by Crippen LogP contribution is -2.31. The smallest absolute Gasteiger partial charge is 0.269 e. The second-order valence-corrected chi connectivity index (χ2v) is 6.16. The third-order valence-corrected chi connectivity index (χ3v) is 3.97. The molecular weight excluding hydrogens is 364 g/mol. The number of ether oxygens (including phenoxy) is 1. The van der Waals surface area contributed by atoms with E-state index in [2.05, 4.69) is 10.2 Å². The van der Waals surface area contributed by atoms with Crippen molar-refractivity contribution in [3.05, 3.63) is 70.1 Å². The van der Waals surface area contributed by atoms with Crippen LogP contribution in [0.1, 0.15) is 11.5 Å². The van der Waals surface area contributed by atoms with Crippen LogP contribution < -0.4 is 4.74 Å². The van der Waals surface area contributed by atoms with Gasteiger partial charge in [-0.2, -0.15) is 0 Å². The number of rotatable bonds is 7. The Morgan fingerprint density at radius 1 is 1.14 bits per heavy atom. The molecule has 3 rings (SSSR count). The molecule has 0 aliphatic carbocycles. The molecule has 0 aliphatic rings. The number of nitrogens with zero attached hydrogens (tertiary/aromatic N) is 4. The number of carbonyl (C=O) groups is 1. The first-order chi connectivity index (χ1) is 13.4. The third kappa shape index (κ3) is 4.70. The maximum Gasteiger partial charge on any atom is 0.269 e. The number of nitro groups is 1. The first-order valence-electron chi connectivity index (χ1n) is 8.43. The predicted molar refractivity (Wildman–Crippen MR) is 99.5 cm³/mol. The van der Waals surface area contributed by atoms with Crippen LogP contribution in [-0.4, -0.2) is 39.6 Å². The molecule has 1 heterocycles. The first-order valence-corrected chi connectivity index (χ1v) is 8.43. The third-order valence-electron chi connectivity index (χ3n) is 3.97. The van der Waals surface area contributed by atoms with Gasteiger partial charge in [0.1, 0.15) is 5.75 Å². The van der Waals surface area contributed by atoms with Crippen molar-refractivity contribution in [2.24, 2.45) is 0 Å². The lowest BCUT2D eigenvalue weighted by atomic mass is 10.1. The van der Waals surface area contributed by atoms with Crippen LogP contribution in [0.3, 0.4) is 0 Å². The van der Waals surface area contributed by atoms with Crippen molar-refractivity contribution >= 4 is 11.6 Å². The van der Waals surface area contributed by atoms with Crippen molar-refractivity contribution in [1.29, 1.82) is 0 Å². The summed E-state index contributed by atoms with van der Waals surface area (Å²) < 4.78 is 11.0. The van der Waals surface area contributed by atoms with Crippen molar-refractivity contribution in [3.8, 4) is 17.2 Å². The molecule has 0 fully saturated rings. The lowest BCUT2D eigenvalue weighted by molar-refractivity contribution is -0.384. The Hall–Kier alpha value is -3.75. The molecule has 1 amide bonds. The van der Waals surface area contributed by atoms with Crippen molar-refractivity contribution in [3.63, 3.8) is 0 Å². The second kappa shape index (κ2) is 8.30. The van der Waals surface area contributed by atoms with Crippen LogP contribution in [0, 0.1) is 17.0 Å². The Morgan fingerprint density at radius 2 is 1.82 bits per heavy atom. The van der Waals surface area contributed by atoms with E-state index in [4.69, 9.17) is 9.15 Å². The Kier molecular flexibility index (Phi) is 5.64. The molecule has 0 unspecified atom stereocenters. The number of aryl methyl sites for hydroxylation is 1. The molecule has 0 saturated heterocycles. The fourth-order valence-electron chi connectivity index (χ4n) is 2.34. The van der Waals surface area contributed by atoms with Crippen LogP contribution in [-0.2, 0) is 11.3 Å². The lowest BCUT2D eigenvalue weighted by Gasteiger charge is -2.15. The fraction of sp³-hybridized carbons (Fsp3) is 0.211. The quantitative estimate of drug-likeness (QED) is 0.456. The molecule has 1 aromatic heterocycles. The molecule has 0 atom stereocenters. The van der Waals surface area contributed by atoms with E-state index < -0.39 is 4.92 Å². The number of amides is 1. The number of benzene rings is 2. The zero-order valence-corrected chi connectivity index (χ0v) is 15.4. The van der Waals surface area contributed by atoms with E-state index in [-0.39, 0.29) is 24.7 Å². The number of nitro benzene ring substituents is 1. The Labute approximate surface area is 160 Å². The van der Waals surface area contributed by atoms with Gasteiger partial charge in [0.15, 0.2) is 6.61 Å². The number of hydrogen-bond donors (Lipinski definition) is 0. The van der Waals surface area contributed by atoms with E-state index in [1.54, 1.807) is 7.05 Å². The van der Waals surface area contributed by atoms with Gasteiger partial charge in [-0.05, 0) is 31.2 Å². The molecule has 0 spiro atoms. The van der Waals surface area contributed by atoms with Crippen molar-refractivity contribution in [1.82, 2.24) is 15.1 Å².